The molecule has 0 radical (unpaired) electrons. The molecular formula is C19H19N3O3S2. The van der Waals surface area contributed by atoms with Crippen LogP contribution in [0.4, 0.5) is 5.00 Å². The number of aromatic nitrogens is 2. The van der Waals surface area contributed by atoms with Gasteiger partial charge in [0.05, 0.1) is 35.2 Å². The van der Waals surface area contributed by atoms with Crippen LogP contribution in [0.15, 0.2) is 29.3 Å². The molecule has 0 aliphatic heterocycles. The number of methoxy groups -OCH3 is 1. The van der Waals surface area contributed by atoms with Crippen molar-refractivity contribution in [3.8, 4) is 0 Å². The average molecular weight is 402 g/mol. The van der Waals surface area contributed by atoms with Gasteiger partial charge in [0.15, 0.2) is 0 Å². The summed E-state index contributed by atoms with van der Waals surface area (Å²) in [6.45, 7) is 5.63. The minimum Gasteiger partial charge on any atom is -0.465 e. The maximum Gasteiger partial charge on any atom is 0.341 e. The minimum absolute atomic E-state index is 0.171. The normalized spacial score (nSPS) is 10.8. The van der Waals surface area contributed by atoms with Crippen molar-refractivity contribution in [2.24, 2.45) is 0 Å². The second-order valence-corrected chi connectivity index (χ2v) is 8.11. The zero-order chi connectivity index (χ0) is 19.6. The van der Waals surface area contributed by atoms with Gasteiger partial charge < -0.3 is 10.1 Å². The van der Waals surface area contributed by atoms with Crippen molar-refractivity contribution in [3.05, 3.63) is 46.0 Å². The number of hydrogen-bond donors (Lipinski definition) is 1. The lowest BCUT2D eigenvalue weighted by molar-refractivity contribution is -0.113. The van der Waals surface area contributed by atoms with Crippen LogP contribution in [0.5, 0.6) is 0 Å². The third-order valence-electron chi connectivity index (χ3n) is 4.07. The summed E-state index contributed by atoms with van der Waals surface area (Å²) >= 11 is 2.69. The molecule has 0 atom stereocenters. The van der Waals surface area contributed by atoms with E-state index >= 15 is 0 Å². The van der Waals surface area contributed by atoms with Crippen LogP contribution in [0.3, 0.4) is 0 Å². The topological polar surface area (TPSA) is 81.2 Å². The van der Waals surface area contributed by atoms with E-state index in [1.807, 2.05) is 45.0 Å². The molecule has 1 N–H and O–H groups in total. The van der Waals surface area contributed by atoms with Crippen molar-refractivity contribution in [1.29, 1.82) is 0 Å². The van der Waals surface area contributed by atoms with Crippen LogP contribution in [0.2, 0.25) is 0 Å². The average Bonchev–Trinajstić information content (AvgIpc) is 2.92. The Balaban J connectivity index is 1.73. The molecular weight excluding hydrogens is 382 g/mol. The van der Waals surface area contributed by atoms with E-state index in [1.54, 1.807) is 0 Å². The third-order valence-corrected chi connectivity index (χ3v) is 6.26. The van der Waals surface area contributed by atoms with Crippen molar-refractivity contribution in [2.75, 3.05) is 18.2 Å². The van der Waals surface area contributed by atoms with E-state index < -0.39 is 5.97 Å². The lowest BCUT2D eigenvalue weighted by atomic mass is 10.1. The van der Waals surface area contributed by atoms with Gasteiger partial charge >= 0.3 is 5.97 Å². The number of nitrogens with one attached hydrogen (secondary N) is 1. The molecule has 0 bridgehead atoms. The first-order valence-electron chi connectivity index (χ1n) is 8.25. The second kappa shape index (κ2) is 8.06. The Kier molecular flexibility index (Phi) is 5.76. The van der Waals surface area contributed by atoms with E-state index in [4.69, 9.17) is 4.74 Å². The first-order chi connectivity index (χ1) is 12.9. The molecule has 2 aromatic heterocycles. The molecule has 2 heterocycles. The van der Waals surface area contributed by atoms with Gasteiger partial charge in [-0.3, -0.25) is 4.79 Å². The van der Waals surface area contributed by atoms with Crippen molar-refractivity contribution in [3.63, 3.8) is 0 Å². The van der Waals surface area contributed by atoms with E-state index in [2.05, 4.69) is 15.3 Å². The Morgan fingerprint density at radius 2 is 1.81 bits per heavy atom. The van der Waals surface area contributed by atoms with Gasteiger partial charge in [-0.05, 0) is 38.5 Å². The fourth-order valence-electron chi connectivity index (χ4n) is 2.57. The fourth-order valence-corrected chi connectivity index (χ4v) is 4.39. The largest absolute Gasteiger partial charge is 0.465 e. The highest BCUT2D eigenvalue weighted by Gasteiger charge is 2.21. The van der Waals surface area contributed by atoms with Gasteiger partial charge in [-0.15, -0.1) is 11.3 Å². The van der Waals surface area contributed by atoms with Crippen LogP contribution in [0.1, 0.15) is 26.5 Å². The highest BCUT2D eigenvalue weighted by atomic mass is 32.2. The first-order valence-corrected chi connectivity index (χ1v) is 10.0. The quantitative estimate of drug-likeness (QED) is 0.511. The Labute approximate surface area is 165 Å². The molecule has 0 unspecified atom stereocenters. The molecule has 6 nitrogen and oxygen atoms in total. The maximum atomic E-state index is 12.4. The van der Waals surface area contributed by atoms with Gasteiger partial charge in [0.1, 0.15) is 10.0 Å². The number of fused-ring (bicyclic) bond motifs is 1. The molecule has 27 heavy (non-hydrogen) atoms. The number of nitrogens with zero attached hydrogens (tertiary/aromatic N) is 2. The molecule has 0 aliphatic rings. The van der Waals surface area contributed by atoms with Gasteiger partial charge in [0, 0.05) is 4.88 Å². The van der Waals surface area contributed by atoms with Crippen molar-refractivity contribution in [1.82, 2.24) is 9.97 Å². The highest BCUT2D eigenvalue weighted by molar-refractivity contribution is 8.00. The SMILES string of the molecule is COC(=O)c1c(NC(=O)CSc2nc3ccccc3nc2C)sc(C)c1C. The molecule has 0 aliphatic carbocycles. The van der Waals surface area contributed by atoms with E-state index in [-0.39, 0.29) is 11.7 Å². The molecule has 0 saturated carbocycles. The molecule has 1 amide bonds. The summed E-state index contributed by atoms with van der Waals surface area (Å²) < 4.78 is 4.83. The number of carbonyl (C=O) groups excluding carboxylic acids is 2. The highest BCUT2D eigenvalue weighted by Crippen LogP contribution is 2.33. The van der Waals surface area contributed by atoms with Crippen LogP contribution in [-0.4, -0.2) is 34.7 Å². The number of rotatable bonds is 5. The molecule has 0 saturated heterocycles. The minimum atomic E-state index is -0.448. The van der Waals surface area contributed by atoms with E-state index in [1.165, 1.54) is 30.2 Å². The predicted molar refractivity (Wildman–Crippen MR) is 109 cm³/mol. The van der Waals surface area contributed by atoms with E-state index in [0.717, 1.165) is 32.2 Å². The predicted octanol–water partition coefficient (Wildman–Crippen LogP) is 4.13. The monoisotopic (exact) mass is 401 g/mol. The number of aryl methyl sites for hydroxylation is 2. The Hall–Kier alpha value is -2.45. The third kappa shape index (κ3) is 4.12. The first kappa shape index (κ1) is 19.3. The molecule has 3 rings (SSSR count). The van der Waals surface area contributed by atoms with Gasteiger partial charge in [0.2, 0.25) is 5.91 Å². The summed E-state index contributed by atoms with van der Waals surface area (Å²) in [7, 11) is 1.33. The molecule has 0 spiro atoms. The van der Waals surface area contributed by atoms with Gasteiger partial charge in [0.25, 0.3) is 0 Å². The number of amides is 1. The summed E-state index contributed by atoms with van der Waals surface area (Å²) in [5, 5.41) is 4.06. The van der Waals surface area contributed by atoms with E-state index in [9.17, 15) is 9.59 Å². The summed E-state index contributed by atoms with van der Waals surface area (Å²) in [5.74, 6) is -0.485. The Bertz CT molecular complexity index is 1030. The summed E-state index contributed by atoms with van der Waals surface area (Å²) in [6, 6.07) is 7.63. The van der Waals surface area contributed by atoms with Crippen molar-refractivity contribution < 1.29 is 14.3 Å². The maximum absolute atomic E-state index is 12.4. The van der Waals surface area contributed by atoms with Crippen molar-refractivity contribution in [2.45, 2.75) is 25.8 Å². The molecule has 8 heteroatoms. The number of hydrogen-bond acceptors (Lipinski definition) is 7. The number of thioether (sulfide) groups is 1. The molecule has 140 valence electrons. The van der Waals surface area contributed by atoms with Gasteiger partial charge in [-0.1, -0.05) is 23.9 Å². The fraction of sp³-hybridized carbons (Fsp3) is 0.263. The van der Waals surface area contributed by atoms with Crippen LogP contribution >= 0.6 is 23.1 Å². The van der Waals surface area contributed by atoms with E-state index in [0.29, 0.717) is 10.6 Å². The number of thiophene rings is 1. The summed E-state index contributed by atoms with van der Waals surface area (Å²) in [4.78, 5) is 34.5. The lowest BCUT2D eigenvalue weighted by Gasteiger charge is -2.08. The number of carbonyl (C=O) groups is 2. The summed E-state index contributed by atoms with van der Waals surface area (Å²) in [5.41, 5.74) is 3.65. The second-order valence-electron chi connectivity index (χ2n) is 5.92. The van der Waals surface area contributed by atoms with Gasteiger partial charge in [-0.2, -0.15) is 0 Å². The molecule has 1 aromatic carbocycles. The van der Waals surface area contributed by atoms with Crippen molar-refractivity contribution >= 4 is 51.0 Å². The Morgan fingerprint density at radius 1 is 1.15 bits per heavy atom. The number of anilines is 1. The van der Waals surface area contributed by atoms with Crippen LogP contribution in [0.25, 0.3) is 11.0 Å². The van der Waals surface area contributed by atoms with Gasteiger partial charge in [-0.25, -0.2) is 14.8 Å². The molecule has 0 fully saturated rings. The lowest BCUT2D eigenvalue weighted by Crippen LogP contribution is -2.16. The number of ether oxygens (including phenoxy) is 1. The zero-order valence-electron chi connectivity index (χ0n) is 15.5. The standard InChI is InChI=1S/C19H19N3O3S2/c1-10-12(3)27-18(16(10)19(24)25-4)22-15(23)9-26-17-11(2)20-13-7-5-6-8-14(13)21-17/h5-8H,9H2,1-4H3,(H,22,23). The number of para-hydroxylation sites is 2. The zero-order valence-corrected chi connectivity index (χ0v) is 17.1. The number of esters is 1. The summed E-state index contributed by atoms with van der Waals surface area (Å²) in [6.07, 6.45) is 0. The Morgan fingerprint density at radius 3 is 2.48 bits per heavy atom. The smallest absolute Gasteiger partial charge is 0.341 e. The van der Waals surface area contributed by atoms with Crippen LogP contribution in [-0.2, 0) is 9.53 Å². The number of benzene rings is 1. The molecule has 3 aromatic rings. The van der Waals surface area contributed by atoms with Crippen LogP contribution in [0, 0.1) is 20.8 Å². The van der Waals surface area contributed by atoms with Crippen LogP contribution < -0.4 is 5.32 Å².